The van der Waals surface area contributed by atoms with Crippen molar-refractivity contribution in [2.75, 3.05) is 0 Å². The molecule has 0 unspecified atom stereocenters. The highest BCUT2D eigenvalue weighted by atomic mass is 14.9. The van der Waals surface area contributed by atoms with Gasteiger partial charge in [0.15, 0.2) is 0 Å². The standard InChI is InChI=1S/C22H20N2/c1-3-7-19(8-4-1)15-23-13-11-21(17-23)22-12-14-24(18-22)16-20-9-5-2-6-10-20/h1-14,17-18H,15-16H2. The largest absolute Gasteiger partial charge is 0.349 e. The van der Waals surface area contributed by atoms with Crippen molar-refractivity contribution in [2.24, 2.45) is 0 Å². The average molecular weight is 312 g/mol. The van der Waals surface area contributed by atoms with Crippen LogP contribution in [0.4, 0.5) is 0 Å². The Bertz CT molecular complexity index is 824. The molecule has 0 aliphatic carbocycles. The molecule has 2 aromatic heterocycles. The van der Waals surface area contributed by atoms with Crippen LogP contribution in [0.1, 0.15) is 11.1 Å². The highest BCUT2D eigenvalue weighted by molar-refractivity contribution is 5.62. The van der Waals surface area contributed by atoms with Gasteiger partial charge >= 0.3 is 0 Å². The van der Waals surface area contributed by atoms with Gasteiger partial charge in [-0.1, -0.05) is 60.7 Å². The third kappa shape index (κ3) is 3.33. The smallest absolute Gasteiger partial charge is 0.0470 e. The lowest BCUT2D eigenvalue weighted by Crippen LogP contribution is -1.95. The number of hydrogen-bond donors (Lipinski definition) is 0. The van der Waals surface area contributed by atoms with Crippen molar-refractivity contribution in [3.05, 3.63) is 109 Å². The van der Waals surface area contributed by atoms with Crippen LogP contribution in [-0.4, -0.2) is 9.13 Å². The molecule has 24 heavy (non-hydrogen) atoms. The summed E-state index contributed by atoms with van der Waals surface area (Å²) in [4.78, 5) is 0. The van der Waals surface area contributed by atoms with Crippen LogP contribution in [-0.2, 0) is 13.1 Å². The quantitative estimate of drug-likeness (QED) is 0.488. The van der Waals surface area contributed by atoms with Crippen molar-refractivity contribution in [1.29, 1.82) is 0 Å². The van der Waals surface area contributed by atoms with Crippen LogP contribution in [0.2, 0.25) is 0 Å². The highest BCUT2D eigenvalue weighted by Crippen LogP contribution is 2.21. The maximum Gasteiger partial charge on any atom is 0.0470 e. The van der Waals surface area contributed by atoms with Crippen molar-refractivity contribution in [3.8, 4) is 11.1 Å². The van der Waals surface area contributed by atoms with Gasteiger partial charge in [-0.15, -0.1) is 0 Å². The lowest BCUT2D eigenvalue weighted by atomic mass is 10.2. The zero-order chi connectivity index (χ0) is 16.2. The Morgan fingerprint density at radius 1 is 0.500 bits per heavy atom. The summed E-state index contributed by atoms with van der Waals surface area (Å²) in [6, 6.07) is 25.5. The molecule has 2 nitrogen and oxygen atoms in total. The maximum absolute atomic E-state index is 2.24. The molecule has 0 amide bonds. The van der Waals surface area contributed by atoms with E-state index in [-0.39, 0.29) is 0 Å². The molecular formula is C22H20N2. The third-order valence-electron chi connectivity index (χ3n) is 4.25. The Morgan fingerprint density at radius 2 is 0.917 bits per heavy atom. The molecule has 0 atom stereocenters. The van der Waals surface area contributed by atoms with Gasteiger partial charge in [-0.2, -0.15) is 0 Å². The van der Waals surface area contributed by atoms with Gasteiger partial charge in [0.05, 0.1) is 0 Å². The van der Waals surface area contributed by atoms with Gasteiger partial charge in [-0.25, -0.2) is 0 Å². The van der Waals surface area contributed by atoms with Crippen LogP contribution in [0.15, 0.2) is 97.6 Å². The van der Waals surface area contributed by atoms with E-state index in [1.807, 2.05) is 0 Å². The Kier molecular flexibility index (Phi) is 4.03. The first-order valence-corrected chi connectivity index (χ1v) is 8.27. The first-order chi connectivity index (χ1) is 11.9. The van der Waals surface area contributed by atoms with Crippen molar-refractivity contribution in [2.45, 2.75) is 13.1 Å². The van der Waals surface area contributed by atoms with E-state index in [1.165, 1.54) is 22.3 Å². The second kappa shape index (κ2) is 6.63. The van der Waals surface area contributed by atoms with Crippen LogP contribution in [0.3, 0.4) is 0 Å². The summed E-state index contributed by atoms with van der Waals surface area (Å²) >= 11 is 0. The van der Waals surface area contributed by atoms with Crippen molar-refractivity contribution >= 4 is 0 Å². The normalized spacial score (nSPS) is 10.8. The summed E-state index contributed by atoms with van der Waals surface area (Å²) in [6.07, 6.45) is 8.73. The topological polar surface area (TPSA) is 9.86 Å². The predicted molar refractivity (Wildman–Crippen MR) is 98.9 cm³/mol. The summed E-state index contributed by atoms with van der Waals surface area (Å²) in [6.45, 7) is 1.82. The minimum absolute atomic E-state index is 0.908. The van der Waals surface area contributed by atoms with E-state index in [0.717, 1.165) is 13.1 Å². The first kappa shape index (κ1) is 14.6. The third-order valence-corrected chi connectivity index (χ3v) is 4.25. The first-order valence-electron chi connectivity index (χ1n) is 8.27. The molecule has 2 heterocycles. The molecule has 0 N–H and O–H groups in total. The van der Waals surface area contributed by atoms with Crippen molar-refractivity contribution in [1.82, 2.24) is 9.13 Å². The van der Waals surface area contributed by atoms with Crippen molar-refractivity contribution < 1.29 is 0 Å². The molecule has 0 saturated heterocycles. The molecule has 0 aliphatic rings. The maximum atomic E-state index is 2.24. The number of nitrogens with zero attached hydrogens (tertiary/aromatic N) is 2. The van der Waals surface area contributed by atoms with E-state index in [0.29, 0.717) is 0 Å². The Morgan fingerprint density at radius 3 is 1.33 bits per heavy atom. The average Bonchev–Trinajstić information content (AvgIpc) is 3.26. The van der Waals surface area contributed by atoms with Gasteiger partial charge in [0.1, 0.15) is 0 Å². The van der Waals surface area contributed by atoms with Crippen LogP contribution >= 0.6 is 0 Å². The molecule has 4 aromatic rings. The van der Waals surface area contributed by atoms with E-state index >= 15 is 0 Å². The van der Waals surface area contributed by atoms with Crippen LogP contribution in [0.25, 0.3) is 11.1 Å². The molecule has 0 radical (unpaired) electrons. The molecule has 0 aliphatic heterocycles. The minimum Gasteiger partial charge on any atom is -0.349 e. The summed E-state index contributed by atoms with van der Waals surface area (Å²) in [5.41, 5.74) is 5.16. The van der Waals surface area contributed by atoms with Gasteiger partial charge in [0, 0.05) is 49.0 Å². The molecule has 4 rings (SSSR count). The van der Waals surface area contributed by atoms with Crippen molar-refractivity contribution in [3.63, 3.8) is 0 Å². The lowest BCUT2D eigenvalue weighted by molar-refractivity contribution is 0.804. The van der Waals surface area contributed by atoms with E-state index in [1.54, 1.807) is 0 Å². The van der Waals surface area contributed by atoms with Crippen LogP contribution in [0.5, 0.6) is 0 Å². The minimum atomic E-state index is 0.908. The van der Waals surface area contributed by atoms with Gasteiger partial charge in [-0.3, -0.25) is 0 Å². The molecule has 2 aromatic carbocycles. The second-order valence-electron chi connectivity index (χ2n) is 6.12. The molecule has 0 saturated carbocycles. The molecular weight excluding hydrogens is 292 g/mol. The molecule has 0 spiro atoms. The summed E-state index contributed by atoms with van der Waals surface area (Å²) in [5, 5.41) is 0. The Labute approximate surface area is 142 Å². The van der Waals surface area contributed by atoms with Gasteiger partial charge in [-0.05, 0) is 23.3 Å². The Balaban J connectivity index is 1.49. The van der Waals surface area contributed by atoms with E-state index in [4.69, 9.17) is 0 Å². The zero-order valence-electron chi connectivity index (χ0n) is 13.5. The zero-order valence-corrected chi connectivity index (χ0v) is 13.5. The fraction of sp³-hybridized carbons (Fsp3) is 0.0909. The van der Waals surface area contributed by atoms with Crippen LogP contribution in [0, 0.1) is 0 Å². The molecule has 2 heteroatoms. The number of benzene rings is 2. The van der Waals surface area contributed by atoms with Gasteiger partial charge < -0.3 is 9.13 Å². The van der Waals surface area contributed by atoms with E-state index < -0.39 is 0 Å². The fourth-order valence-electron chi connectivity index (χ4n) is 3.01. The summed E-state index contributed by atoms with van der Waals surface area (Å²) in [7, 11) is 0. The molecule has 0 bridgehead atoms. The SMILES string of the molecule is c1ccc(Cn2ccc(-c3ccn(Cc4ccccc4)c3)c2)cc1. The number of aromatic nitrogens is 2. The predicted octanol–water partition coefficient (Wildman–Crippen LogP) is 5.05. The lowest BCUT2D eigenvalue weighted by Gasteiger charge is -2.03. The Hall–Kier alpha value is -3.00. The number of hydrogen-bond acceptors (Lipinski definition) is 0. The second-order valence-corrected chi connectivity index (χ2v) is 6.12. The monoisotopic (exact) mass is 312 g/mol. The molecule has 118 valence electrons. The van der Waals surface area contributed by atoms with Crippen LogP contribution < -0.4 is 0 Å². The fourth-order valence-corrected chi connectivity index (χ4v) is 3.01. The van der Waals surface area contributed by atoms with Gasteiger partial charge in [0.25, 0.3) is 0 Å². The van der Waals surface area contributed by atoms with Gasteiger partial charge in [0.2, 0.25) is 0 Å². The number of rotatable bonds is 5. The summed E-state index contributed by atoms with van der Waals surface area (Å²) < 4.78 is 4.47. The van der Waals surface area contributed by atoms with E-state index in [9.17, 15) is 0 Å². The summed E-state index contributed by atoms with van der Waals surface area (Å²) in [5.74, 6) is 0. The highest BCUT2D eigenvalue weighted by Gasteiger charge is 2.04. The molecule has 0 fully saturated rings. The van der Waals surface area contributed by atoms with E-state index in [2.05, 4.69) is 107 Å².